The van der Waals surface area contributed by atoms with Crippen molar-refractivity contribution < 1.29 is 24.5 Å². The highest BCUT2D eigenvalue weighted by atomic mass is 35.5. The summed E-state index contributed by atoms with van der Waals surface area (Å²) < 4.78 is 10.4. The third kappa shape index (κ3) is 11.9. The Morgan fingerprint density at radius 3 is 2.28 bits per heavy atom. The first-order chi connectivity index (χ1) is 17.3. The van der Waals surface area contributed by atoms with E-state index in [0.29, 0.717) is 25.1 Å². The van der Waals surface area contributed by atoms with E-state index in [0.717, 1.165) is 34.6 Å². The van der Waals surface area contributed by atoms with Crippen LogP contribution < -0.4 is 10.1 Å². The maximum Gasteiger partial charge on any atom is 0.150 e. The highest BCUT2D eigenvalue weighted by molar-refractivity contribution is 6.32. The molecule has 202 valence electrons. The number of phenolic OH excluding ortho intramolecular Hbond substituents is 1. The van der Waals surface area contributed by atoms with Crippen molar-refractivity contribution in [2.75, 3.05) is 41.0 Å². The minimum Gasteiger partial charge on any atom is -0.506 e. The van der Waals surface area contributed by atoms with Crippen LogP contribution in [0.15, 0.2) is 36.4 Å². The number of halogens is 2. The third-order valence-corrected chi connectivity index (χ3v) is 6.78. The van der Waals surface area contributed by atoms with Crippen LogP contribution in [0.5, 0.6) is 11.5 Å². The summed E-state index contributed by atoms with van der Waals surface area (Å²) in [6, 6.07) is 9.90. The van der Waals surface area contributed by atoms with Gasteiger partial charge in [0.05, 0.1) is 18.7 Å². The molecule has 0 bridgehead atoms. The summed E-state index contributed by atoms with van der Waals surface area (Å²) in [6.07, 6.45) is 7.05. The fraction of sp³-hybridized carbons (Fsp3) is 0.536. The Morgan fingerprint density at radius 1 is 1.08 bits per heavy atom. The minimum atomic E-state index is -0.00716. The standard InChI is InChI=1S/C11H15ClO2.C10H21NO.C7H5ClO2/c1-8(7-13-2)10-6-9(12)4-5-11(10)14-3;1-11-8-10-4-2-9(3-5-10)6-7-12;8-6-3-5(4-9)1-2-7(6)10/h4-6,8H,7H2,1-3H3;9-12H,2-8H2,1H3;1-4,10H/t8-;;/m0../s1. The topological polar surface area (TPSA) is 88.0 Å². The predicted octanol–water partition coefficient (Wildman–Crippen LogP) is 6.35. The van der Waals surface area contributed by atoms with Crippen molar-refractivity contribution in [1.82, 2.24) is 5.32 Å². The lowest BCUT2D eigenvalue weighted by Gasteiger charge is -2.27. The van der Waals surface area contributed by atoms with Gasteiger partial charge in [-0.25, -0.2) is 0 Å². The van der Waals surface area contributed by atoms with Gasteiger partial charge in [0.15, 0.2) is 0 Å². The molecule has 8 heteroatoms. The average Bonchev–Trinajstić information content (AvgIpc) is 2.88. The molecule has 1 aliphatic rings. The number of ether oxygens (including phenoxy) is 2. The number of hydrogen-bond donors (Lipinski definition) is 3. The lowest BCUT2D eigenvalue weighted by Crippen LogP contribution is -2.24. The van der Waals surface area contributed by atoms with Crippen LogP contribution in [0.4, 0.5) is 0 Å². The van der Waals surface area contributed by atoms with Gasteiger partial charge in [0.25, 0.3) is 0 Å². The predicted molar refractivity (Wildman–Crippen MR) is 148 cm³/mol. The van der Waals surface area contributed by atoms with Crippen LogP contribution >= 0.6 is 23.2 Å². The van der Waals surface area contributed by atoms with Crippen molar-refractivity contribution in [3.63, 3.8) is 0 Å². The minimum absolute atomic E-state index is 0.00716. The Labute approximate surface area is 225 Å². The molecule has 6 nitrogen and oxygen atoms in total. The zero-order valence-corrected chi connectivity index (χ0v) is 23.3. The molecule has 1 fully saturated rings. The quantitative estimate of drug-likeness (QED) is 0.320. The first-order valence-electron chi connectivity index (χ1n) is 12.3. The van der Waals surface area contributed by atoms with E-state index in [2.05, 4.69) is 12.2 Å². The smallest absolute Gasteiger partial charge is 0.150 e. The molecule has 2 aromatic carbocycles. The number of aldehydes is 1. The summed E-state index contributed by atoms with van der Waals surface area (Å²) in [5.74, 6) is 2.84. The van der Waals surface area contributed by atoms with Gasteiger partial charge in [0, 0.05) is 35.8 Å². The normalized spacial score (nSPS) is 17.6. The van der Waals surface area contributed by atoms with Crippen LogP contribution in [-0.2, 0) is 4.74 Å². The molecule has 0 aliphatic heterocycles. The van der Waals surface area contributed by atoms with E-state index < -0.39 is 0 Å². The molecule has 36 heavy (non-hydrogen) atoms. The lowest BCUT2D eigenvalue weighted by molar-refractivity contribution is 0.112. The lowest BCUT2D eigenvalue weighted by atomic mass is 9.81. The van der Waals surface area contributed by atoms with Crippen LogP contribution in [0.1, 0.15) is 60.9 Å². The molecule has 0 spiro atoms. The van der Waals surface area contributed by atoms with Crippen molar-refractivity contribution >= 4 is 29.5 Å². The van der Waals surface area contributed by atoms with E-state index >= 15 is 0 Å². The molecular weight excluding hydrogens is 501 g/mol. The number of aliphatic hydroxyl groups is 1. The number of nitrogens with one attached hydrogen (secondary N) is 1. The molecule has 1 saturated carbocycles. The summed E-state index contributed by atoms with van der Waals surface area (Å²) in [5.41, 5.74) is 1.55. The zero-order valence-electron chi connectivity index (χ0n) is 21.8. The Hall–Kier alpha value is -1.83. The molecular formula is C28H41Cl2NO5. The van der Waals surface area contributed by atoms with Gasteiger partial charge in [-0.2, -0.15) is 0 Å². The fourth-order valence-electron chi connectivity index (χ4n) is 4.22. The molecule has 2 aromatic rings. The molecule has 0 unspecified atom stereocenters. The number of phenols is 1. The van der Waals surface area contributed by atoms with E-state index in [4.69, 9.17) is 42.9 Å². The highest BCUT2D eigenvalue weighted by Crippen LogP contribution is 2.30. The van der Waals surface area contributed by atoms with Gasteiger partial charge < -0.3 is 25.0 Å². The molecule has 1 atom stereocenters. The molecule has 3 N–H and O–H groups in total. The first-order valence-corrected chi connectivity index (χ1v) is 13.1. The third-order valence-electron chi connectivity index (χ3n) is 6.24. The molecule has 0 radical (unpaired) electrons. The number of benzene rings is 2. The van der Waals surface area contributed by atoms with Gasteiger partial charge in [-0.05, 0) is 81.1 Å². The number of carbonyl (C=O) groups is 1. The van der Waals surface area contributed by atoms with Crippen LogP contribution in [0.3, 0.4) is 0 Å². The molecule has 1 aliphatic carbocycles. The summed E-state index contributed by atoms with van der Waals surface area (Å²) in [7, 11) is 5.37. The monoisotopic (exact) mass is 541 g/mol. The van der Waals surface area contributed by atoms with Crippen LogP contribution in [0.25, 0.3) is 0 Å². The first kappa shape index (κ1) is 32.2. The van der Waals surface area contributed by atoms with Gasteiger partial charge in [0.1, 0.15) is 17.8 Å². The maximum atomic E-state index is 10.1. The molecule has 0 heterocycles. The molecule has 0 aromatic heterocycles. The van der Waals surface area contributed by atoms with E-state index in [1.165, 1.54) is 50.4 Å². The largest absolute Gasteiger partial charge is 0.506 e. The van der Waals surface area contributed by atoms with E-state index in [1.807, 2.05) is 25.2 Å². The van der Waals surface area contributed by atoms with Crippen LogP contribution in [-0.4, -0.2) is 57.5 Å². The van der Waals surface area contributed by atoms with Gasteiger partial charge >= 0.3 is 0 Å². The van der Waals surface area contributed by atoms with Crippen LogP contribution in [0.2, 0.25) is 10.0 Å². The van der Waals surface area contributed by atoms with Crippen molar-refractivity contribution in [1.29, 1.82) is 0 Å². The summed E-state index contributed by atoms with van der Waals surface area (Å²) >= 11 is 11.4. The second-order valence-electron chi connectivity index (χ2n) is 9.03. The van der Waals surface area contributed by atoms with Crippen molar-refractivity contribution in [2.24, 2.45) is 11.8 Å². The zero-order chi connectivity index (χ0) is 26.9. The highest BCUT2D eigenvalue weighted by Gasteiger charge is 2.19. The number of rotatable bonds is 9. The summed E-state index contributed by atoms with van der Waals surface area (Å²) in [5, 5.41) is 21.8. The SMILES string of the molecule is CNCC1CCC(CCO)CC1.COC[C@H](C)c1cc(Cl)ccc1OC.O=Cc1ccc(O)c(Cl)c1. The summed E-state index contributed by atoms with van der Waals surface area (Å²) in [6.45, 7) is 4.29. The van der Waals surface area contributed by atoms with Gasteiger partial charge in [-0.1, -0.05) is 43.0 Å². The van der Waals surface area contributed by atoms with Gasteiger partial charge in [0.2, 0.25) is 0 Å². The second kappa shape index (κ2) is 18.4. The van der Waals surface area contributed by atoms with Gasteiger partial charge in [-0.15, -0.1) is 0 Å². The van der Waals surface area contributed by atoms with E-state index in [-0.39, 0.29) is 16.7 Å². The van der Waals surface area contributed by atoms with Crippen molar-refractivity contribution in [3.05, 3.63) is 57.6 Å². The number of methoxy groups -OCH3 is 2. The second-order valence-corrected chi connectivity index (χ2v) is 9.87. The molecule has 3 rings (SSSR count). The number of hydrogen-bond acceptors (Lipinski definition) is 6. The van der Waals surface area contributed by atoms with Crippen LogP contribution in [0, 0.1) is 11.8 Å². The molecule has 0 saturated heterocycles. The number of aromatic hydroxyl groups is 1. The van der Waals surface area contributed by atoms with Gasteiger partial charge in [-0.3, -0.25) is 4.79 Å². The number of aliphatic hydroxyl groups excluding tert-OH is 1. The molecule has 0 amide bonds. The van der Waals surface area contributed by atoms with Crippen molar-refractivity contribution in [3.8, 4) is 11.5 Å². The maximum absolute atomic E-state index is 10.1. The Morgan fingerprint density at radius 2 is 1.75 bits per heavy atom. The van der Waals surface area contributed by atoms with Crippen molar-refractivity contribution in [2.45, 2.75) is 44.9 Å². The fourth-order valence-corrected chi connectivity index (χ4v) is 4.59. The van der Waals surface area contributed by atoms with E-state index in [1.54, 1.807) is 14.2 Å². The average molecular weight is 543 g/mol. The van der Waals surface area contributed by atoms with E-state index in [9.17, 15) is 4.79 Å². The number of carbonyl (C=O) groups excluding carboxylic acids is 1. The Bertz CT molecular complexity index is 874. The Kier molecular flexibility index (Phi) is 16.5. The Balaban J connectivity index is 0.000000274. The summed E-state index contributed by atoms with van der Waals surface area (Å²) in [4.78, 5) is 10.1.